The third-order valence-electron chi connectivity index (χ3n) is 4.23. The van der Waals surface area contributed by atoms with Crippen molar-refractivity contribution in [2.24, 2.45) is 0 Å². The Hall–Kier alpha value is -3.21. The van der Waals surface area contributed by atoms with Crippen molar-refractivity contribution in [3.05, 3.63) is 77.5 Å². The second kappa shape index (κ2) is 7.78. The number of benzene rings is 2. The number of esters is 1. The number of ether oxygens (including phenoxy) is 1. The molecule has 1 aromatic heterocycles. The molecule has 0 fully saturated rings. The van der Waals surface area contributed by atoms with E-state index in [2.05, 4.69) is 4.98 Å². The predicted octanol–water partition coefficient (Wildman–Crippen LogP) is 3.36. The van der Waals surface area contributed by atoms with Crippen molar-refractivity contribution in [3.63, 3.8) is 0 Å². The number of rotatable bonds is 5. The van der Waals surface area contributed by atoms with Crippen LogP contribution in [0.2, 0.25) is 0 Å². The first-order chi connectivity index (χ1) is 12.5. The van der Waals surface area contributed by atoms with Gasteiger partial charge in [-0.1, -0.05) is 48.5 Å². The summed E-state index contributed by atoms with van der Waals surface area (Å²) in [7, 11) is 1.69. The summed E-state index contributed by atoms with van der Waals surface area (Å²) in [6.07, 6.45) is 0. The van der Waals surface area contributed by atoms with E-state index in [-0.39, 0.29) is 18.2 Å². The van der Waals surface area contributed by atoms with E-state index in [1.165, 1.54) is 0 Å². The van der Waals surface area contributed by atoms with Crippen molar-refractivity contribution in [1.82, 2.24) is 9.88 Å². The lowest BCUT2D eigenvalue weighted by atomic mass is 10.1. The molecule has 5 heteroatoms. The van der Waals surface area contributed by atoms with Gasteiger partial charge in [0.25, 0.3) is 5.91 Å². The van der Waals surface area contributed by atoms with Crippen molar-refractivity contribution in [2.45, 2.75) is 13.5 Å². The van der Waals surface area contributed by atoms with Crippen LogP contribution in [0.1, 0.15) is 21.6 Å². The highest BCUT2D eigenvalue weighted by Gasteiger charge is 2.15. The number of carbonyl (C=O) groups excluding carboxylic acids is 2. The summed E-state index contributed by atoms with van der Waals surface area (Å²) in [6, 6.07) is 18.8. The number of aryl methyl sites for hydroxylation is 1. The second-order valence-corrected chi connectivity index (χ2v) is 6.14. The van der Waals surface area contributed by atoms with Crippen LogP contribution in [0.25, 0.3) is 10.9 Å². The van der Waals surface area contributed by atoms with E-state index in [4.69, 9.17) is 4.74 Å². The molecule has 0 saturated heterocycles. The number of carbonyl (C=O) groups is 2. The zero-order chi connectivity index (χ0) is 18.5. The van der Waals surface area contributed by atoms with Gasteiger partial charge < -0.3 is 9.64 Å². The average Bonchev–Trinajstić information content (AvgIpc) is 2.67. The van der Waals surface area contributed by atoms with Crippen LogP contribution in [0, 0.1) is 6.92 Å². The fraction of sp³-hybridized carbons (Fsp3) is 0.190. The maximum atomic E-state index is 12.2. The van der Waals surface area contributed by atoms with Gasteiger partial charge in [-0.2, -0.15) is 0 Å². The molecule has 0 spiro atoms. The van der Waals surface area contributed by atoms with Gasteiger partial charge >= 0.3 is 5.97 Å². The average molecular weight is 348 g/mol. The number of hydrogen-bond acceptors (Lipinski definition) is 4. The lowest BCUT2D eigenvalue weighted by Crippen LogP contribution is -2.31. The van der Waals surface area contributed by atoms with Crippen LogP contribution >= 0.6 is 0 Å². The molecule has 2 aromatic carbocycles. The molecule has 0 aliphatic heterocycles. The van der Waals surface area contributed by atoms with Crippen molar-refractivity contribution in [3.8, 4) is 0 Å². The Labute approximate surface area is 152 Å². The minimum absolute atomic E-state index is 0.193. The highest BCUT2D eigenvalue weighted by Crippen LogP contribution is 2.13. The van der Waals surface area contributed by atoms with E-state index >= 15 is 0 Å². The molecule has 0 unspecified atom stereocenters. The van der Waals surface area contributed by atoms with Gasteiger partial charge in [0.1, 0.15) is 5.69 Å². The van der Waals surface area contributed by atoms with Gasteiger partial charge in [0.15, 0.2) is 6.61 Å². The van der Waals surface area contributed by atoms with E-state index in [1.807, 2.05) is 61.5 Å². The molecule has 1 amide bonds. The van der Waals surface area contributed by atoms with Crippen LogP contribution in [0.5, 0.6) is 0 Å². The molecule has 3 rings (SSSR count). The van der Waals surface area contributed by atoms with Crippen molar-refractivity contribution >= 4 is 22.8 Å². The van der Waals surface area contributed by atoms with E-state index in [0.717, 1.165) is 16.5 Å². The Balaban J connectivity index is 1.59. The minimum atomic E-state index is -0.603. The molecule has 0 atom stereocenters. The Morgan fingerprint density at radius 1 is 1.00 bits per heavy atom. The summed E-state index contributed by atoms with van der Waals surface area (Å²) >= 11 is 0. The highest BCUT2D eigenvalue weighted by atomic mass is 16.5. The molecule has 0 radical (unpaired) electrons. The Morgan fingerprint density at radius 3 is 2.54 bits per heavy atom. The highest BCUT2D eigenvalue weighted by molar-refractivity contribution is 5.92. The van der Waals surface area contributed by atoms with Crippen molar-refractivity contribution < 1.29 is 14.3 Å². The van der Waals surface area contributed by atoms with Gasteiger partial charge in [-0.25, -0.2) is 9.78 Å². The largest absolute Gasteiger partial charge is 0.451 e. The van der Waals surface area contributed by atoms with Crippen LogP contribution in [-0.2, 0) is 16.1 Å². The predicted molar refractivity (Wildman–Crippen MR) is 99.7 cm³/mol. The van der Waals surface area contributed by atoms with Crippen LogP contribution < -0.4 is 0 Å². The monoisotopic (exact) mass is 348 g/mol. The number of likely N-dealkylation sites (N-methyl/N-ethyl adjacent to an activating group) is 1. The van der Waals surface area contributed by atoms with Gasteiger partial charge in [-0.15, -0.1) is 0 Å². The fourth-order valence-electron chi connectivity index (χ4n) is 2.62. The molecule has 0 bridgehead atoms. The number of hydrogen-bond donors (Lipinski definition) is 0. The van der Waals surface area contributed by atoms with Gasteiger partial charge in [0.2, 0.25) is 0 Å². The zero-order valence-corrected chi connectivity index (χ0v) is 14.8. The minimum Gasteiger partial charge on any atom is -0.451 e. The van der Waals surface area contributed by atoms with Gasteiger partial charge in [-0.05, 0) is 30.2 Å². The third-order valence-corrected chi connectivity index (χ3v) is 4.23. The molecular formula is C21H20N2O3. The quantitative estimate of drug-likeness (QED) is 0.664. The number of para-hydroxylation sites is 1. The molecule has 26 heavy (non-hydrogen) atoms. The Morgan fingerprint density at radius 2 is 1.73 bits per heavy atom. The second-order valence-electron chi connectivity index (χ2n) is 6.14. The van der Waals surface area contributed by atoms with Gasteiger partial charge in [-0.3, -0.25) is 4.79 Å². The summed E-state index contributed by atoms with van der Waals surface area (Å²) in [5.41, 5.74) is 3.08. The summed E-state index contributed by atoms with van der Waals surface area (Å²) in [6.45, 7) is 2.16. The molecular weight excluding hydrogens is 328 g/mol. The number of fused-ring (bicyclic) bond motifs is 1. The van der Waals surface area contributed by atoms with E-state index < -0.39 is 5.97 Å². The first kappa shape index (κ1) is 17.6. The van der Waals surface area contributed by atoms with Gasteiger partial charge in [0, 0.05) is 19.0 Å². The smallest absolute Gasteiger partial charge is 0.357 e. The number of aromatic nitrogens is 1. The summed E-state index contributed by atoms with van der Waals surface area (Å²) < 4.78 is 5.14. The van der Waals surface area contributed by atoms with Crippen LogP contribution in [0.3, 0.4) is 0 Å². The van der Waals surface area contributed by atoms with E-state index in [0.29, 0.717) is 12.1 Å². The topological polar surface area (TPSA) is 59.5 Å². The molecule has 0 saturated carbocycles. The fourth-order valence-corrected chi connectivity index (χ4v) is 2.62. The number of amides is 1. The lowest BCUT2D eigenvalue weighted by molar-refractivity contribution is -0.133. The maximum Gasteiger partial charge on any atom is 0.357 e. The molecule has 0 aliphatic carbocycles. The lowest BCUT2D eigenvalue weighted by Gasteiger charge is -2.18. The Kier molecular flexibility index (Phi) is 5.27. The van der Waals surface area contributed by atoms with Crippen LogP contribution in [0.4, 0.5) is 0 Å². The summed E-state index contributed by atoms with van der Waals surface area (Å²) in [5, 5.41) is 0.943. The molecule has 0 N–H and O–H groups in total. The van der Waals surface area contributed by atoms with E-state index in [9.17, 15) is 9.59 Å². The normalized spacial score (nSPS) is 10.5. The molecule has 1 heterocycles. The van der Waals surface area contributed by atoms with Crippen LogP contribution in [-0.4, -0.2) is 35.4 Å². The van der Waals surface area contributed by atoms with Gasteiger partial charge in [0.05, 0.1) is 5.52 Å². The maximum absolute atomic E-state index is 12.2. The number of pyridine rings is 1. The standard InChI is InChI=1S/C21H20N2O3/c1-15-7-3-4-9-17(15)13-23(2)20(24)14-26-21(25)19-12-11-16-8-5-6-10-18(16)22-19/h3-12H,13-14H2,1-2H3. The molecule has 132 valence electrons. The van der Waals surface area contributed by atoms with Crippen LogP contribution in [0.15, 0.2) is 60.7 Å². The summed E-state index contributed by atoms with van der Waals surface area (Å²) in [4.78, 5) is 30.2. The third kappa shape index (κ3) is 4.06. The molecule has 5 nitrogen and oxygen atoms in total. The molecule has 3 aromatic rings. The zero-order valence-electron chi connectivity index (χ0n) is 14.8. The first-order valence-corrected chi connectivity index (χ1v) is 8.36. The first-order valence-electron chi connectivity index (χ1n) is 8.36. The van der Waals surface area contributed by atoms with Crippen molar-refractivity contribution in [2.75, 3.05) is 13.7 Å². The van der Waals surface area contributed by atoms with E-state index in [1.54, 1.807) is 18.0 Å². The van der Waals surface area contributed by atoms with Crippen molar-refractivity contribution in [1.29, 1.82) is 0 Å². The Bertz CT molecular complexity index is 953. The summed E-state index contributed by atoms with van der Waals surface area (Å²) in [5.74, 6) is -0.865. The SMILES string of the molecule is Cc1ccccc1CN(C)C(=O)COC(=O)c1ccc2ccccc2n1. The molecule has 0 aliphatic rings. The number of nitrogens with zero attached hydrogens (tertiary/aromatic N) is 2.